The average molecular weight is 275 g/mol. The first-order valence-corrected chi connectivity index (χ1v) is 3.74. The smallest absolute Gasteiger partial charge is 0.222 e. The van der Waals surface area contributed by atoms with Gasteiger partial charge in [0.1, 0.15) is 6.04 Å². The maximum absolute atomic E-state index is 12.4. The molecule has 0 saturated carbocycles. The lowest BCUT2D eigenvalue weighted by Crippen LogP contribution is -3.00. The van der Waals surface area contributed by atoms with Gasteiger partial charge in [-0.05, 0) is 0 Å². The van der Waals surface area contributed by atoms with Gasteiger partial charge in [-0.15, -0.1) is 0 Å². The number of hydrogen-bond acceptors (Lipinski definition) is 1. The van der Waals surface area contributed by atoms with Crippen LogP contribution >= 0.6 is 0 Å². The summed E-state index contributed by atoms with van der Waals surface area (Å²) in [4.78, 5) is 0. The van der Waals surface area contributed by atoms with Gasteiger partial charge in [-0.3, -0.25) is 4.48 Å². The van der Waals surface area contributed by atoms with Crippen molar-refractivity contribution in [1.29, 1.82) is 0 Å². The molecule has 4 heteroatoms. The third kappa shape index (κ3) is 2.26. The van der Waals surface area contributed by atoms with Crippen LogP contribution in [-0.4, -0.2) is 42.6 Å². The fourth-order valence-corrected chi connectivity index (χ4v) is 1.63. The van der Waals surface area contributed by atoms with Gasteiger partial charge in [-0.25, -0.2) is 0 Å². The lowest BCUT2D eigenvalue weighted by atomic mass is 10.2. The third-order valence-electron chi connectivity index (χ3n) is 2.57. The van der Waals surface area contributed by atoms with E-state index in [9.17, 15) is 4.39 Å². The molecule has 0 amide bonds. The largest absolute Gasteiger partial charge is 1.00 e. The van der Waals surface area contributed by atoms with Crippen molar-refractivity contribution in [3.05, 3.63) is 0 Å². The van der Waals surface area contributed by atoms with Crippen molar-refractivity contribution in [3.63, 3.8) is 0 Å². The average Bonchev–Trinajstić information content (AvgIpc) is 2.32. The second-order valence-corrected chi connectivity index (χ2v) is 3.30. The Kier molecular flexibility index (Phi) is 4.81. The number of aliphatic hydroxyl groups excluding tert-OH is 1. The van der Waals surface area contributed by atoms with Crippen LogP contribution in [0.15, 0.2) is 0 Å². The zero-order chi connectivity index (χ0) is 7.61. The highest BCUT2D eigenvalue weighted by atomic mass is 127. The summed E-state index contributed by atoms with van der Waals surface area (Å²) >= 11 is 0. The van der Waals surface area contributed by atoms with Gasteiger partial charge in [0.25, 0.3) is 0 Å². The molecule has 1 N–H and O–H groups in total. The van der Waals surface area contributed by atoms with Gasteiger partial charge in [-0.1, -0.05) is 0 Å². The molecule has 2 atom stereocenters. The number of halogens is 2. The van der Waals surface area contributed by atoms with E-state index in [0.717, 1.165) is 19.4 Å². The monoisotopic (exact) mass is 275 g/mol. The van der Waals surface area contributed by atoms with Gasteiger partial charge < -0.3 is 29.1 Å². The van der Waals surface area contributed by atoms with E-state index in [0.29, 0.717) is 4.48 Å². The van der Waals surface area contributed by atoms with E-state index in [1.54, 1.807) is 0 Å². The Labute approximate surface area is 84.0 Å². The molecule has 68 valence electrons. The zero-order valence-electron chi connectivity index (χ0n) is 6.76. The van der Waals surface area contributed by atoms with Crippen LogP contribution < -0.4 is 24.0 Å². The molecule has 1 heterocycles. The Morgan fingerprint density at radius 2 is 2.27 bits per heavy atom. The third-order valence-corrected chi connectivity index (χ3v) is 2.57. The summed E-state index contributed by atoms with van der Waals surface area (Å²) in [5, 5.41) is 8.85. The van der Waals surface area contributed by atoms with Crippen molar-refractivity contribution in [3.8, 4) is 0 Å². The molecule has 1 unspecified atom stereocenters. The van der Waals surface area contributed by atoms with E-state index < -0.39 is 0 Å². The van der Waals surface area contributed by atoms with Crippen molar-refractivity contribution in [2.75, 3.05) is 27.0 Å². The first-order chi connectivity index (χ1) is 4.73. The Morgan fingerprint density at radius 3 is 2.64 bits per heavy atom. The normalized spacial score (nSPS) is 36.8. The van der Waals surface area contributed by atoms with Gasteiger partial charge in [0, 0.05) is 12.8 Å². The van der Waals surface area contributed by atoms with E-state index in [4.69, 9.17) is 5.11 Å². The Morgan fingerprint density at radius 1 is 1.64 bits per heavy atom. The van der Waals surface area contributed by atoms with Crippen LogP contribution in [0.5, 0.6) is 0 Å². The van der Waals surface area contributed by atoms with Gasteiger partial charge in [0.15, 0.2) is 0 Å². The number of quaternary nitrogens is 1. The van der Waals surface area contributed by atoms with E-state index in [-0.39, 0.29) is 43.4 Å². The second-order valence-electron chi connectivity index (χ2n) is 3.30. The molecule has 1 rings (SSSR count). The lowest BCUT2D eigenvalue weighted by Gasteiger charge is -2.31. The van der Waals surface area contributed by atoms with Crippen LogP contribution in [0.3, 0.4) is 0 Å². The summed E-state index contributed by atoms with van der Waals surface area (Å²) in [6.07, 6.45) is 2.02. The van der Waals surface area contributed by atoms with Crippen molar-refractivity contribution in [2.45, 2.75) is 18.9 Å². The number of rotatable bonds is 2. The topological polar surface area (TPSA) is 20.2 Å². The summed E-state index contributed by atoms with van der Waals surface area (Å²) in [6, 6.07) is 0.144. The van der Waals surface area contributed by atoms with Gasteiger partial charge >= 0.3 is 0 Å². The first-order valence-electron chi connectivity index (χ1n) is 3.74. The molecular formula is C7H15FINO. The molecule has 0 aliphatic carbocycles. The highest BCUT2D eigenvalue weighted by Gasteiger charge is 2.36. The summed E-state index contributed by atoms with van der Waals surface area (Å²) in [7, 11) is 1.87. The molecule has 0 aromatic heterocycles. The van der Waals surface area contributed by atoms with Crippen molar-refractivity contribution < 1.29 is 38.0 Å². The molecule has 2 nitrogen and oxygen atoms in total. The van der Waals surface area contributed by atoms with Crippen molar-refractivity contribution in [1.82, 2.24) is 0 Å². The second kappa shape index (κ2) is 4.57. The molecule has 0 aromatic rings. The fourth-order valence-electron chi connectivity index (χ4n) is 1.63. The minimum Gasteiger partial charge on any atom is -1.00 e. The minimum atomic E-state index is -0.342. The first kappa shape index (κ1) is 11.6. The Bertz CT molecular complexity index is 125. The summed E-state index contributed by atoms with van der Waals surface area (Å²) in [5.74, 6) is 0. The lowest BCUT2D eigenvalue weighted by molar-refractivity contribution is -0.933. The highest BCUT2D eigenvalue weighted by Crippen LogP contribution is 2.23. The van der Waals surface area contributed by atoms with Crippen molar-refractivity contribution >= 4 is 0 Å². The molecule has 0 bridgehead atoms. The van der Waals surface area contributed by atoms with Crippen LogP contribution in [0.25, 0.3) is 0 Å². The maximum Gasteiger partial charge on any atom is 0.222 e. The zero-order valence-corrected chi connectivity index (χ0v) is 8.92. The standard InChI is InChI=1S/C7H15FNO.HI/c1-9(6-8)4-2-3-7(9)5-10;/h7,10H,2-6H2,1H3;1H/q+1;/p-1/t7-,9?;/m1./s1. The van der Waals surface area contributed by atoms with Gasteiger partial charge in [0.2, 0.25) is 6.80 Å². The summed E-state index contributed by atoms with van der Waals surface area (Å²) in [5.41, 5.74) is 0. The summed E-state index contributed by atoms with van der Waals surface area (Å²) < 4.78 is 12.8. The Balaban J connectivity index is 0.000001000. The van der Waals surface area contributed by atoms with E-state index in [1.807, 2.05) is 7.05 Å². The number of likely N-dealkylation sites (tertiary alicyclic amines) is 1. The van der Waals surface area contributed by atoms with Crippen molar-refractivity contribution in [2.24, 2.45) is 0 Å². The molecule has 1 aliphatic rings. The Hall–Kier alpha value is 0.580. The van der Waals surface area contributed by atoms with Crippen LogP contribution in [0.2, 0.25) is 0 Å². The molecule has 0 radical (unpaired) electrons. The molecule has 0 aromatic carbocycles. The van der Waals surface area contributed by atoms with Crippen LogP contribution in [-0.2, 0) is 0 Å². The van der Waals surface area contributed by atoms with Gasteiger partial charge in [0.05, 0.1) is 20.2 Å². The van der Waals surface area contributed by atoms with E-state index in [1.165, 1.54) is 0 Å². The molecule has 1 fully saturated rings. The number of likely N-dealkylation sites (N-methyl/N-ethyl adjacent to an activating group) is 1. The SMILES string of the molecule is C[N+]1(CF)CCC[C@@H]1CO.[I-]. The predicted octanol–water partition coefficient (Wildman–Crippen LogP) is -2.48. The number of hydrogen-bond donors (Lipinski definition) is 1. The summed E-state index contributed by atoms with van der Waals surface area (Å²) in [6.45, 7) is 0.660. The van der Waals surface area contributed by atoms with Gasteiger partial charge in [-0.2, -0.15) is 4.39 Å². The number of aliphatic hydroxyl groups is 1. The molecular weight excluding hydrogens is 260 g/mol. The molecule has 1 saturated heterocycles. The molecule has 0 spiro atoms. The van der Waals surface area contributed by atoms with Crippen LogP contribution in [0, 0.1) is 0 Å². The maximum atomic E-state index is 12.4. The molecule has 1 aliphatic heterocycles. The fraction of sp³-hybridized carbons (Fsp3) is 1.00. The predicted molar refractivity (Wildman–Crippen MR) is 37.1 cm³/mol. The van der Waals surface area contributed by atoms with E-state index >= 15 is 0 Å². The molecule has 11 heavy (non-hydrogen) atoms. The highest BCUT2D eigenvalue weighted by molar-refractivity contribution is 4.64. The quantitative estimate of drug-likeness (QED) is 0.336. The van der Waals surface area contributed by atoms with Crippen LogP contribution in [0.1, 0.15) is 12.8 Å². The number of nitrogens with zero attached hydrogens (tertiary/aromatic N) is 1. The van der Waals surface area contributed by atoms with Crippen LogP contribution in [0.4, 0.5) is 4.39 Å². The number of alkyl halides is 1. The minimum absolute atomic E-state index is 0. The van der Waals surface area contributed by atoms with E-state index in [2.05, 4.69) is 0 Å².